The van der Waals surface area contributed by atoms with Crippen LogP contribution in [0.1, 0.15) is 0 Å². The second kappa shape index (κ2) is 47.4. The van der Waals surface area contributed by atoms with Gasteiger partial charge in [-0.05, 0) is 0 Å². The predicted molar refractivity (Wildman–Crippen MR) is 5.75 cm³/mol. The maximum absolute atomic E-state index is 0. The average molecular weight is 768 g/mol. The van der Waals surface area contributed by atoms with E-state index in [4.69, 9.17) is 0 Å². The molecule has 0 amide bonds. The van der Waals surface area contributed by atoms with Gasteiger partial charge in [-0.15, -0.1) is 0 Å². The molecular weight excluding hydrogens is 768 g/mol. The molecule has 0 aliphatic carbocycles. The summed E-state index contributed by atoms with van der Waals surface area (Å²) < 4.78 is 0. The van der Waals surface area contributed by atoms with Crippen molar-refractivity contribution in [2.24, 2.45) is 0 Å². The standard InChI is InChI=1S/B.Co.Cr.Pd.Pt.Re.Tb. The summed E-state index contributed by atoms with van der Waals surface area (Å²) in [6.07, 6.45) is 0. The van der Waals surface area contributed by atoms with Gasteiger partial charge >= 0.3 is 0 Å². The molecule has 7 heteroatoms. The first-order valence-electron chi connectivity index (χ1n) is 0. The number of hydrogen-bond acceptors (Lipinski definition) is 0. The molecule has 0 bridgehead atoms. The van der Waals surface area contributed by atoms with Crippen LogP contribution in [0.4, 0.5) is 0 Å². The molecule has 0 spiro atoms. The first-order valence-corrected chi connectivity index (χ1v) is 0. The molecule has 0 atom stereocenters. The third-order valence-corrected chi connectivity index (χ3v) is 0. The molecule has 54 valence electrons. The van der Waals surface area contributed by atoms with E-state index >= 15 is 0 Å². The zero-order valence-electron chi connectivity index (χ0n) is 2.66. The molecule has 0 N–H and O–H groups in total. The van der Waals surface area contributed by atoms with E-state index in [-0.39, 0.29) is 143 Å². The quantitative estimate of drug-likeness (QED) is 0.295. The predicted octanol–water partition coefficient (Wildman–Crippen LogP) is -0.393. The van der Waals surface area contributed by atoms with E-state index < -0.39 is 0 Å². The zero-order valence-corrected chi connectivity index (χ0v) is 13.7. The van der Waals surface area contributed by atoms with Crippen molar-refractivity contribution in [2.75, 3.05) is 0 Å². The summed E-state index contributed by atoms with van der Waals surface area (Å²) in [5.74, 6) is 0. The fourth-order valence-corrected chi connectivity index (χ4v) is 0. The van der Waals surface area contributed by atoms with Crippen molar-refractivity contribution in [3.63, 3.8) is 0 Å². The van der Waals surface area contributed by atoms with Gasteiger partial charge in [0.15, 0.2) is 0 Å². The van der Waals surface area contributed by atoms with Crippen LogP contribution < -0.4 is 0 Å². The molecule has 0 fully saturated rings. The molecule has 0 rings (SSSR count). The van der Waals surface area contributed by atoms with Crippen molar-refractivity contribution >= 4 is 8.41 Å². The number of rotatable bonds is 0. The third-order valence-electron chi connectivity index (χ3n) is 0. The first-order chi connectivity index (χ1) is 0. The molecule has 0 aliphatic rings. The van der Waals surface area contributed by atoms with E-state index in [9.17, 15) is 0 Å². The summed E-state index contributed by atoms with van der Waals surface area (Å²) >= 11 is 0. The van der Waals surface area contributed by atoms with Crippen LogP contribution in [0, 0.1) is 38.6 Å². The first kappa shape index (κ1) is 63.7. The van der Waals surface area contributed by atoms with Crippen molar-refractivity contribution in [1.29, 1.82) is 0 Å². The summed E-state index contributed by atoms with van der Waals surface area (Å²) in [5, 5.41) is 0. The van der Waals surface area contributed by atoms with Crippen LogP contribution in [-0.4, -0.2) is 8.41 Å². The van der Waals surface area contributed by atoms with Gasteiger partial charge in [0.05, 0.1) is 0 Å². The minimum Gasteiger partial charge on any atom is 0 e. The van der Waals surface area contributed by atoms with E-state index in [2.05, 4.69) is 0 Å². The fourth-order valence-electron chi connectivity index (χ4n) is 0. The Kier molecular flexibility index (Phi) is 432. The van der Waals surface area contributed by atoms with Crippen molar-refractivity contribution in [3.05, 3.63) is 0 Å². The average Bonchev–Trinajstić information content (AvgIpc) is 0. The Morgan fingerprint density at radius 1 is 1.00 bits per heavy atom. The summed E-state index contributed by atoms with van der Waals surface area (Å²) in [4.78, 5) is 0. The smallest absolute Gasteiger partial charge is 0 e. The Balaban J connectivity index is 0. The molecule has 0 saturated carbocycles. The summed E-state index contributed by atoms with van der Waals surface area (Å²) in [5.41, 5.74) is 0. The van der Waals surface area contributed by atoms with E-state index in [0.717, 1.165) is 0 Å². The van der Waals surface area contributed by atoms with Crippen molar-refractivity contribution < 1.29 is 135 Å². The van der Waals surface area contributed by atoms with E-state index in [0.29, 0.717) is 0 Å². The van der Waals surface area contributed by atoms with Gasteiger partial charge in [-0.2, -0.15) is 0 Å². The van der Waals surface area contributed by atoms with Gasteiger partial charge in [-0.3, -0.25) is 0 Å². The molecule has 0 heterocycles. The molecule has 0 aromatic rings. The van der Waals surface area contributed by atoms with Crippen molar-refractivity contribution in [3.8, 4) is 0 Å². The van der Waals surface area contributed by atoms with Crippen LogP contribution in [0.5, 0.6) is 0 Å². The molecule has 0 unspecified atom stereocenters. The van der Waals surface area contributed by atoms with Gasteiger partial charge in [-0.25, -0.2) is 0 Å². The zero-order chi connectivity index (χ0) is 0. The molecule has 6 radical (unpaired) electrons. The van der Waals surface area contributed by atoms with Gasteiger partial charge in [-0.1, -0.05) is 0 Å². The monoisotopic (exact) mass is 769 g/mol. The van der Waals surface area contributed by atoms with Crippen molar-refractivity contribution in [1.82, 2.24) is 0 Å². The fraction of sp³-hybridized carbons (Fsp3) is 0. The van der Waals surface area contributed by atoms with Gasteiger partial charge < -0.3 is 0 Å². The van der Waals surface area contributed by atoms with Crippen molar-refractivity contribution in [2.45, 2.75) is 0 Å². The molecular formula is BCoCrPdPtReTb. The minimum absolute atomic E-state index is 0. The van der Waals surface area contributed by atoms with Gasteiger partial charge in [0.1, 0.15) is 0 Å². The second-order valence-corrected chi connectivity index (χ2v) is 0. The van der Waals surface area contributed by atoms with Gasteiger partial charge in [0.25, 0.3) is 0 Å². The normalized spacial score (nSPS) is 0. The molecule has 0 nitrogen and oxygen atoms in total. The maximum atomic E-state index is 0. The Labute approximate surface area is 140 Å². The molecule has 0 saturated heterocycles. The summed E-state index contributed by atoms with van der Waals surface area (Å²) in [6, 6.07) is 0. The van der Waals surface area contributed by atoms with Crippen LogP contribution >= 0.6 is 0 Å². The Morgan fingerprint density at radius 2 is 1.00 bits per heavy atom. The minimum atomic E-state index is 0. The molecule has 0 aliphatic heterocycles. The second-order valence-electron chi connectivity index (χ2n) is 0. The SMILES string of the molecule is [B].[Co].[Cr].[Pd].[Pt].[Re].[Tb]. The maximum Gasteiger partial charge on any atom is 0 e. The third kappa shape index (κ3) is 37.9. The van der Waals surface area contributed by atoms with E-state index in [1.54, 1.807) is 0 Å². The van der Waals surface area contributed by atoms with Crippen LogP contribution in [0.3, 0.4) is 0 Å². The Morgan fingerprint density at radius 3 is 1.00 bits per heavy atom. The molecule has 7 heavy (non-hydrogen) atoms. The Bertz CT molecular complexity index is 19.7. The van der Waals surface area contributed by atoms with Crippen LogP contribution in [0.25, 0.3) is 0 Å². The Hall–Kier alpha value is 4.40. The molecule has 0 aromatic carbocycles. The van der Waals surface area contributed by atoms with Gasteiger partial charge in [0.2, 0.25) is 0 Å². The van der Waals surface area contributed by atoms with Gasteiger partial charge in [0, 0.05) is 143 Å². The summed E-state index contributed by atoms with van der Waals surface area (Å²) in [6.45, 7) is 0. The van der Waals surface area contributed by atoms with Crippen LogP contribution in [0.15, 0.2) is 0 Å². The van der Waals surface area contributed by atoms with E-state index in [1.165, 1.54) is 0 Å². The largest absolute Gasteiger partial charge is 0 e. The van der Waals surface area contributed by atoms with E-state index in [1.807, 2.05) is 0 Å². The number of hydrogen-bond donors (Lipinski definition) is 0. The van der Waals surface area contributed by atoms with Crippen LogP contribution in [0.2, 0.25) is 0 Å². The molecule has 0 aromatic heterocycles. The van der Waals surface area contributed by atoms with Crippen LogP contribution in [-0.2, 0) is 96.1 Å². The summed E-state index contributed by atoms with van der Waals surface area (Å²) in [7, 11) is 0. The topological polar surface area (TPSA) is 0 Å².